The largest absolute Gasteiger partial charge is 0.416 e. The van der Waals surface area contributed by atoms with Crippen molar-refractivity contribution < 1.29 is 27.9 Å². The van der Waals surface area contributed by atoms with Crippen LogP contribution in [0.15, 0.2) is 91.1 Å². The number of alkyl halides is 3. The van der Waals surface area contributed by atoms with Crippen LogP contribution in [-0.4, -0.2) is 56.8 Å². The Kier molecular flexibility index (Phi) is 9.99. The number of benzene rings is 3. The van der Waals surface area contributed by atoms with E-state index in [2.05, 4.69) is 15.7 Å². The molecular weight excluding hydrogens is 583 g/mol. The molecule has 3 aromatic carbocycles. The quantitative estimate of drug-likeness (QED) is 0.222. The van der Waals surface area contributed by atoms with Crippen LogP contribution in [-0.2, 0) is 26.2 Å². The molecule has 0 aliphatic carbocycles. The molecule has 2 heterocycles. The number of amides is 2. The first-order valence-corrected chi connectivity index (χ1v) is 14.9. The van der Waals surface area contributed by atoms with E-state index >= 15 is 0 Å². The number of hydrogen-bond acceptors (Lipinski definition) is 5. The van der Waals surface area contributed by atoms with Crippen molar-refractivity contribution in [2.75, 3.05) is 13.1 Å². The molecule has 3 atom stereocenters. The average Bonchev–Trinajstić information content (AvgIpc) is 3.69. The number of likely N-dealkylation sites (tertiary alicyclic amines) is 1. The van der Waals surface area contributed by atoms with Gasteiger partial charge in [0.1, 0.15) is 0 Å². The number of nitrogens with zero attached hydrogens (tertiary/aromatic N) is 3. The summed E-state index contributed by atoms with van der Waals surface area (Å²) < 4.78 is 41.1. The van der Waals surface area contributed by atoms with Gasteiger partial charge in [-0.2, -0.15) is 18.3 Å². The minimum absolute atomic E-state index is 0.0247. The Morgan fingerprint density at radius 1 is 0.978 bits per heavy atom. The Bertz CT molecular complexity index is 1610. The maximum atomic E-state index is 13.6. The number of aryl methyl sites for hydroxylation is 1. The second-order valence-corrected chi connectivity index (χ2v) is 11.3. The summed E-state index contributed by atoms with van der Waals surface area (Å²) in [6, 6.07) is 22.0. The molecule has 1 aliphatic rings. The molecule has 11 heteroatoms. The Hall–Kier alpha value is -4.48. The van der Waals surface area contributed by atoms with E-state index in [0.29, 0.717) is 24.1 Å². The van der Waals surface area contributed by atoms with Gasteiger partial charge in [-0.3, -0.25) is 14.3 Å². The fourth-order valence-electron chi connectivity index (χ4n) is 5.75. The predicted molar refractivity (Wildman–Crippen MR) is 163 cm³/mol. The molecule has 8 nitrogen and oxygen atoms in total. The smallest absolute Gasteiger partial charge is 0.390 e. The first-order valence-electron chi connectivity index (χ1n) is 14.9. The highest BCUT2D eigenvalue weighted by atomic mass is 19.4. The molecule has 1 unspecified atom stereocenters. The number of aliphatic hydroxyl groups is 1. The molecule has 4 aromatic rings. The molecule has 1 fully saturated rings. The zero-order valence-electron chi connectivity index (χ0n) is 24.9. The molecule has 2 amide bonds. The second-order valence-electron chi connectivity index (χ2n) is 11.3. The maximum Gasteiger partial charge on any atom is 0.416 e. The summed E-state index contributed by atoms with van der Waals surface area (Å²) in [6.07, 6.45) is -1.79. The standard InChI is InChI=1S/C34H36F3N5O3/c1-41-29(15-16-39-41)30-14-7-17-42(30)33(45)26-12-6-11-25(20-26)32(44)40-28(19-23-8-3-2-4-9-23)31(43)22-38-21-24-10-5-13-27(18-24)34(35,36)37/h2-6,8-13,15-16,18,20,28,30-31,38,43H,7,14,17,19,21-22H2,1H3,(H,40,44)/t28-,30?,31+/m0/s1. The fourth-order valence-corrected chi connectivity index (χ4v) is 5.75. The summed E-state index contributed by atoms with van der Waals surface area (Å²) in [7, 11) is 1.85. The lowest BCUT2D eigenvalue weighted by molar-refractivity contribution is -0.137. The highest BCUT2D eigenvalue weighted by molar-refractivity contribution is 6.00. The summed E-state index contributed by atoms with van der Waals surface area (Å²) in [5.41, 5.74) is 2.19. The van der Waals surface area contributed by atoms with Crippen molar-refractivity contribution in [3.8, 4) is 0 Å². The first-order chi connectivity index (χ1) is 21.6. The third-order valence-corrected chi connectivity index (χ3v) is 8.10. The minimum Gasteiger partial charge on any atom is -0.390 e. The predicted octanol–water partition coefficient (Wildman–Crippen LogP) is 4.91. The molecule has 45 heavy (non-hydrogen) atoms. The first kappa shape index (κ1) is 31.9. The normalized spacial score (nSPS) is 16.4. The number of hydrogen-bond donors (Lipinski definition) is 3. The zero-order valence-corrected chi connectivity index (χ0v) is 24.9. The van der Waals surface area contributed by atoms with Crippen LogP contribution in [0.1, 0.15) is 62.0 Å². The SMILES string of the molecule is Cn1nccc1C1CCCN1C(=O)c1cccc(C(=O)N[C@@H](Cc2ccccc2)[C@H](O)CNCc2cccc(C(F)(F)F)c2)c1. The lowest BCUT2D eigenvalue weighted by atomic mass is 10.00. The van der Waals surface area contributed by atoms with Gasteiger partial charge >= 0.3 is 6.18 Å². The van der Waals surface area contributed by atoms with Crippen molar-refractivity contribution in [2.24, 2.45) is 7.05 Å². The summed E-state index contributed by atoms with van der Waals surface area (Å²) in [5, 5.41) is 21.3. The number of nitrogens with one attached hydrogen (secondary N) is 2. The molecular formula is C34H36F3N5O3. The van der Waals surface area contributed by atoms with Gasteiger partial charge in [0, 0.05) is 44.0 Å². The van der Waals surface area contributed by atoms with Crippen LogP contribution in [0.5, 0.6) is 0 Å². The molecule has 1 aliphatic heterocycles. The van der Waals surface area contributed by atoms with E-state index in [-0.39, 0.29) is 30.6 Å². The van der Waals surface area contributed by atoms with Gasteiger partial charge in [-0.15, -0.1) is 0 Å². The van der Waals surface area contributed by atoms with Crippen LogP contribution in [0.2, 0.25) is 0 Å². The summed E-state index contributed by atoms with van der Waals surface area (Å²) >= 11 is 0. The molecule has 0 saturated carbocycles. The molecule has 5 rings (SSSR count). The van der Waals surface area contributed by atoms with Crippen LogP contribution in [0.4, 0.5) is 13.2 Å². The maximum absolute atomic E-state index is 13.6. The van der Waals surface area contributed by atoms with E-state index < -0.39 is 29.8 Å². The van der Waals surface area contributed by atoms with E-state index in [1.807, 2.05) is 48.3 Å². The minimum atomic E-state index is -4.45. The van der Waals surface area contributed by atoms with Gasteiger partial charge < -0.3 is 20.6 Å². The van der Waals surface area contributed by atoms with Crippen molar-refractivity contribution in [2.45, 2.75) is 50.2 Å². The van der Waals surface area contributed by atoms with E-state index in [1.165, 1.54) is 6.07 Å². The van der Waals surface area contributed by atoms with Gasteiger partial charge in [0.2, 0.25) is 0 Å². The Morgan fingerprint density at radius 2 is 1.71 bits per heavy atom. The monoisotopic (exact) mass is 619 g/mol. The van der Waals surface area contributed by atoms with E-state index in [9.17, 15) is 27.9 Å². The van der Waals surface area contributed by atoms with Gasteiger partial charge in [0.05, 0.1) is 29.4 Å². The lowest BCUT2D eigenvalue weighted by Crippen LogP contribution is -2.48. The van der Waals surface area contributed by atoms with Crippen LogP contribution in [0.25, 0.3) is 0 Å². The second kappa shape index (κ2) is 14.1. The van der Waals surface area contributed by atoms with Gasteiger partial charge in [0.15, 0.2) is 0 Å². The summed E-state index contributed by atoms with van der Waals surface area (Å²) in [6.45, 7) is 0.730. The van der Waals surface area contributed by atoms with E-state index in [0.717, 1.165) is 36.2 Å². The molecule has 0 spiro atoms. The van der Waals surface area contributed by atoms with Crippen molar-refractivity contribution in [1.29, 1.82) is 0 Å². The van der Waals surface area contributed by atoms with Crippen molar-refractivity contribution in [1.82, 2.24) is 25.3 Å². The van der Waals surface area contributed by atoms with Crippen molar-refractivity contribution in [3.63, 3.8) is 0 Å². The number of aromatic nitrogens is 2. The summed E-state index contributed by atoms with van der Waals surface area (Å²) in [5.74, 6) is -0.625. The number of rotatable bonds is 11. The third kappa shape index (κ3) is 7.98. The topological polar surface area (TPSA) is 99.5 Å². The average molecular weight is 620 g/mol. The van der Waals surface area contributed by atoms with Gasteiger partial charge in [-0.25, -0.2) is 0 Å². The van der Waals surface area contributed by atoms with Crippen molar-refractivity contribution >= 4 is 11.8 Å². The fraction of sp³-hybridized carbons (Fsp3) is 0.324. The summed E-state index contributed by atoms with van der Waals surface area (Å²) in [4.78, 5) is 28.9. The van der Waals surface area contributed by atoms with Crippen LogP contribution < -0.4 is 10.6 Å². The van der Waals surface area contributed by atoms with Crippen molar-refractivity contribution in [3.05, 3.63) is 125 Å². The molecule has 0 bridgehead atoms. The number of halogens is 3. The van der Waals surface area contributed by atoms with Crippen LogP contribution in [0, 0.1) is 0 Å². The van der Waals surface area contributed by atoms with E-state index in [1.54, 1.807) is 41.2 Å². The highest BCUT2D eigenvalue weighted by Gasteiger charge is 2.33. The molecule has 236 valence electrons. The Balaban J connectivity index is 1.27. The van der Waals surface area contributed by atoms with Gasteiger partial charge in [0.25, 0.3) is 11.8 Å². The van der Waals surface area contributed by atoms with E-state index in [4.69, 9.17) is 0 Å². The Labute approximate surface area is 259 Å². The number of aliphatic hydroxyl groups excluding tert-OH is 1. The molecule has 3 N–H and O–H groups in total. The van der Waals surface area contributed by atoms with Crippen LogP contribution >= 0.6 is 0 Å². The lowest BCUT2D eigenvalue weighted by Gasteiger charge is -2.26. The number of carbonyl (C=O) groups is 2. The third-order valence-electron chi connectivity index (χ3n) is 8.10. The molecule has 1 saturated heterocycles. The highest BCUT2D eigenvalue weighted by Crippen LogP contribution is 2.33. The number of carbonyl (C=O) groups excluding carboxylic acids is 2. The Morgan fingerprint density at radius 3 is 2.44 bits per heavy atom. The van der Waals surface area contributed by atoms with Crippen LogP contribution in [0.3, 0.4) is 0 Å². The molecule has 0 radical (unpaired) electrons. The van der Waals surface area contributed by atoms with Gasteiger partial charge in [-0.1, -0.05) is 54.6 Å². The zero-order chi connectivity index (χ0) is 32.0. The van der Waals surface area contributed by atoms with Gasteiger partial charge in [-0.05, 0) is 60.7 Å². The molecule has 1 aromatic heterocycles.